The number of carbonyl (C=O) groups excluding carboxylic acids is 1. The van der Waals surface area contributed by atoms with Crippen molar-refractivity contribution in [2.24, 2.45) is 0 Å². The van der Waals surface area contributed by atoms with Crippen molar-refractivity contribution < 1.29 is 4.79 Å². The molecule has 0 saturated carbocycles. The molecule has 5 nitrogen and oxygen atoms in total. The minimum absolute atomic E-state index is 0.00218. The average Bonchev–Trinajstić information content (AvgIpc) is 3.02. The first-order chi connectivity index (χ1) is 19.7. The zero-order valence-electron chi connectivity index (χ0n) is 21.7. The third-order valence-electron chi connectivity index (χ3n) is 6.92. The van der Waals surface area contributed by atoms with Gasteiger partial charge in [-0.2, -0.15) is 0 Å². The normalized spacial score (nSPS) is 12.7. The van der Waals surface area contributed by atoms with Gasteiger partial charge in [0, 0.05) is 41.0 Å². The number of aromatic nitrogens is 3. The van der Waals surface area contributed by atoms with E-state index in [1.807, 2.05) is 96.0 Å². The van der Waals surface area contributed by atoms with Gasteiger partial charge in [0.25, 0.3) is 5.91 Å². The van der Waals surface area contributed by atoms with Gasteiger partial charge in [-0.3, -0.25) is 9.78 Å². The van der Waals surface area contributed by atoms with E-state index in [1.54, 1.807) is 6.20 Å². The van der Waals surface area contributed by atoms with Gasteiger partial charge in [-0.15, -0.1) is 11.6 Å². The molecular weight excluding hydrogens is 516 g/mol. The predicted octanol–water partition coefficient (Wildman–Crippen LogP) is 6.65. The van der Waals surface area contributed by atoms with Crippen LogP contribution in [0.5, 0.6) is 0 Å². The highest BCUT2D eigenvalue weighted by Gasteiger charge is 2.23. The second kappa shape index (κ2) is 11.5. The minimum Gasteiger partial charge on any atom is -0.332 e. The first kappa shape index (κ1) is 25.5. The van der Waals surface area contributed by atoms with Gasteiger partial charge in [-0.1, -0.05) is 66.5 Å². The molecule has 0 bridgehead atoms. The van der Waals surface area contributed by atoms with Gasteiger partial charge in [0.05, 0.1) is 23.6 Å². The number of nitrogens with zero attached hydrogens (tertiary/aromatic N) is 4. The summed E-state index contributed by atoms with van der Waals surface area (Å²) in [4.78, 5) is 29.2. The molecule has 40 heavy (non-hydrogen) atoms. The van der Waals surface area contributed by atoms with Crippen LogP contribution in [0.25, 0.3) is 34.4 Å². The molecular formula is C34H25ClN4O. The molecule has 2 aromatic heterocycles. The maximum atomic E-state index is 13.3. The van der Waals surface area contributed by atoms with E-state index < -0.39 is 0 Å². The van der Waals surface area contributed by atoms with Crippen LogP contribution in [0.1, 0.15) is 38.3 Å². The lowest BCUT2D eigenvalue weighted by atomic mass is 10.0. The fraction of sp³-hybridized carbons (Fsp3) is 0.118. The monoisotopic (exact) mass is 540 g/mol. The summed E-state index contributed by atoms with van der Waals surface area (Å²) in [6.45, 7) is 1.09. The Morgan fingerprint density at radius 3 is 2.45 bits per heavy atom. The standard InChI is InChI=1S/C34H25ClN4O/c35-18-3-4-24-7-9-25(10-8-24)11-12-26-13-15-27(16-14-26)34(40)39-19-17-29-21-37-33(38-32(29)23-39)30-20-28-5-1-2-6-31(28)36-22-30/h1-2,5-16,20-22H,17-19,23H2/b12-11+. The summed E-state index contributed by atoms with van der Waals surface area (Å²) in [5, 5.41) is 1.04. The summed E-state index contributed by atoms with van der Waals surface area (Å²) >= 11 is 5.62. The third-order valence-corrected chi connectivity index (χ3v) is 7.05. The topological polar surface area (TPSA) is 59.0 Å². The first-order valence-electron chi connectivity index (χ1n) is 13.1. The molecule has 1 aliphatic rings. The van der Waals surface area contributed by atoms with Gasteiger partial charge in [-0.05, 0) is 59.5 Å². The summed E-state index contributed by atoms with van der Waals surface area (Å²) in [6, 6.07) is 25.7. The third kappa shape index (κ3) is 5.63. The van der Waals surface area contributed by atoms with Gasteiger partial charge in [-0.25, -0.2) is 9.97 Å². The van der Waals surface area contributed by atoms with E-state index in [-0.39, 0.29) is 5.91 Å². The van der Waals surface area contributed by atoms with Gasteiger partial charge in [0.15, 0.2) is 5.82 Å². The molecule has 0 N–H and O–H groups in total. The second-order valence-corrected chi connectivity index (χ2v) is 9.84. The Balaban J connectivity index is 1.14. The van der Waals surface area contributed by atoms with Crippen LogP contribution in [-0.4, -0.2) is 38.2 Å². The smallest absolute Gasteiger partial charge is 0.254 e. The van der Waals surface area contributed by atoms with Crippen molar-refractivity contribution in [2.75, 3.05) is 12.4 Å². The van der Waals surface area contributed by atoms with Crippen LogP contribution in [0, 0.1) is 11.8 Å². The Kier molecular flexibility index (Phi) is 7.34. The number of para-hydroxylation sites is 1. The molecule has 5 aromatic rings. The van der Waals surface area contributed by atoms with E-state index in [0.717, 1.165) is 50.8 Å². The van der Waals surface area contributed by atoms with Crippen molar-refractivity contribution in [3.05, 3.63) is 125 Å². The number of amides is 1. The summed E-state index contributed by atoms with van der Waals surface area (Å²) in [6.07, 6.45) is 8.49. The largest absolute Gasteiger partial charge is 0.332 e. The zero-order valence-corrected chi connectivity index (χ0v) is 22.5. The number of hydrogen-bond donors (Lipinski definition) is 0. The fourth-order valence-corrected chi connectivity index (χ4v) is 4.80. The van der Waals surface area contributed by atoms with Crippen LogP contribution in [0.2, 0.25) is 0 Å². The highest BCUT2D eigenvalue weighted by atomic mass is 35.5. The Bertz CT molecular complexity index is 1780. The molecule has 0 spiro atoms. The Hall–Kier alpha value is -4.79. The van der Waals surface area contributed by atoms with E-state index in [1.165, 1.54) is 0 Å². The molecule has 6 rings (SSSR count). The minimum atomic E-state index is 0.00218. The van der Waals surface area contributed by atoms with Gasteiger partial charge < -0.3 is 4.90 Å². The molecule has 1 aliphatic heterocycles. The van der Waals surface area contributed by atoms with Gasteiger partial charge in [0.2, 0.25) is 0 Å². The highest BCUT2D eigenvalue weighted by molar-refractivity contribution is 6.19. The van der Waals surface area contributed by atoms with E-state index >= 15 is 0 Å². The summed E-state index contributed by atoms with van der Waals surface area (Å²) in [5.74, 6) is 6.82. The highest BCUT2D eigenvalue weighted by Crippen LogP contribution is 2.24. The first-order valence-corrected chi connectivity index (χ1v) is 13.6. The fourth-order valence-electron chi connectivity index (χ4n) is 4.73. The maximum absolute atomic E-state index is 13.3. The van der Waals surface area contributed by atoms with Crippen LogP contribution >= 0.6 is 11.6 Å². The van der Waals surface area contributed by atoms with Crippen molar-refractivity contribution in [3.63, 3.8) is 0 Å². The molecule has 0 unspecified atom stereocenters. The van der Waals surface area contributed by atoms with Crippen LogP contribution in [0.3, 0.4) is 0 Å². The van der Waals surface area contributed by atoms with Gasteiger partial charge in [0.1, 0.15) is 0 Å². The maximum Gasteiger partial charge on any atom is 0.254 e. The quantitative estimate of drug-likeness (QED) is 0.145. The lowest BCUT2D eigenvalue weighted by molar-refractivity contribution is 0.0731. The van der Waals surface area contributed by atoms with Crippen molar-refractivity contribution in [2.45, 2.75) is 13.0 Å². The summed E-state index contributed by atoms with van der Waals surface area (Å²) in [7, 11) is 0. The second-order valence-electron chi connectivity index (χ2n) is 9.57. The number of pyridine rings is 1. The van der Waals surface area contributed by atoms with Crippen LogP contribution in [-0.2, 0) is 13.0 Å². The lowest BCUT2D eigenvalue weighted by Gasteiger charge is -2.28. The number of alkyl halides is 1. The molecule has 0 aliphatic carbocycles. The predicted molar refractivity (Wildman–Crippen MR) is 161 cm³/mol. The van der Waals surface area contributed by atoms with E-state index in [0.29, 0.717) is 30.4 Å². The molecule has 3 heterocycles. The number of rotatable bonds is 4. The van der Waals surface area contributed by atoms with E-state index in [9.17, 15) is 4.79 Å². The Labute approximate surface area is 238 Å². The van der Waals surface area contributed by atoms with Crippen LogP contribution in [0.15, 0.2) is 91.3 Å². The summed E-state index contributed by atoms with van der Waals surface area (Å²) in [5.41, 5.74) is 7.47. The number of carbonyl (C=O) groups is 1. The molecule has 0 fully saturated rings. The number of halogens is 1. The van der Waals surface area contributed by atoms with Crippen molar-refractivity contribution in [3.8, 4) is 23.2 Å². The molecule has 0 saturated heterocycles. The Morgan fingerprint density at radius 1 is 0.925 bits per heavy atom. The number of hydrogen-bond acceptors (Lipinski definition) is 4. The summed E-state index contributed by atoms with van der Waals surface area (Å²) < 4.78 is 0. The van der Waals surface area contributed by atoms with Crippen molar-refractivity contribution in [1.29, 1.82) is 0 Å². The van der Waals surface area contributed by atoms with Crippen molar-refractivity contribution in [1.82, 2.24) is 19.9 Å². The van der Waals surface area contributed by atoms with Crippen LogP contribution in [0.4, 0.5) is 0 Å². The van der Waals surface area contributed by atoms with E-state index in [4.69, 9.17) is 16.6 Å². The molecule has 6 heteroatoms. The van der Waals surface area contributed by atoms with Crippen molar-refractivity contribution >= 4 is 40.6 Å². The van der Waals surface area contributed by atoms with Crippen LogP contribution < -0.4 is 0 Å². The molecule has 0 atom stereocenters. The zero-order chi connectivity index (χ0) is 27.3. The molecule has 194 valence electrons. The van der Waals surface area contributed by atoms with E-state index in [2.05, 4.69) is 27.9 Å². The molecule has 0 radical (unpaired) electrons. The SMILES string of the molecule is O=C(c1ccc(/C=C/c2ccc(C#CCCl)cc2)cc1)N1CCc2cnc(-c3cnc4ccccc4c3)nc2C1. The average molecular weight is 541 g/mol. The molecule has 3 aromatic carbocycles. The molecule has 1 amide bonds. The Morgan fingerprint density at radius 2 is 1.68 bits per heavy atom. The lowest BCUT2D eigenvalue weighted by Crippen LogP contribution is -2.36. The number of benzene rings is 3. The van der Waals surface area contributed by atoms with Gasteiger partial charge >= 0.3 is 0 Å². The number of fused-ring (bicyclic) bond motifs is 2.